The van der Waals surface area contributed by atoms with Crippen LogP contribution in [0.4, 0.5) is 0 Å². The van der Waals surface area contributed by atoms with Crippen LogP contribution >= 0.6 is 0 Å². The van der Waals surface area contributed by atoms with Crippen LogP contribution in [0.5, 0.6) is 0 Å². The van der Waals surface area contributed by atoms with Crippen molar-refractivity contribution in [3.63, 3.8) is 0 Å². The molecule has 1 saturated heterocycles. The number of nitrogens with one attached hydrogen (secondary N) is 1. The first kappa shape index (κ1) is 24.9. The molecule has 1 N–H and O–H groups in total. The Morgan fingerprint density at radius 1 is 1.17 bits per heavy atom. The van der Waals surface area contributed by atoms with E-state index in [0.29, 0.717) is 36.5 Å². The summed E-state index contributed by atoms with van der Waals surface area (Å²) in [6, 6.07) is 9.14. The number of aryl methyl sites for hydroxylation is 1. The minimum atomic E-state index is -0.381. The molecule has 1 aromatic carbocycles. The van der Waals surface area contributed by atoms with Gasteiger partial charge in [0, 0.05) is 33.0 Å². The first-order valence-electron chi connectivity index (χ1n) is 12.4. The summed E-state index contributed by atoms with van der Waals surface area (Å²) in [5.41, 5.74) is 1.12. The number of aromatic nitrogens is 2. The van der Waals surface area contributed by atoms with Gasteiger partial charge in [-0.05, 0) is 37.4 Å². The van der Waals surface area contributed by atoms with Crippen molar-refractivity contribution >= 4 is 22.6 Å². The number of hydrogen-bond donors (Lipinski definition) is 1. The van der Waals surface area contributed by atoms with Gasteiger partial charge in [0.25, 0.3) is 5.56 Å². The third-order valence-corrected chi connectivity index (χ3v) is 6.81. The second-order valence-corrected chi connectivity index (χ2v) is 9.51. The smallest absolute Gasteiger partial charge is 0.261 e. The maximum Gasteiger partial charge on any atom is 0.261 e. The Morgan fingerprint density at radius 3 is 2.69 bits per heavy atom. The number of ketones is 1. The first-order chi connectivity index (χ1) is 16.9. The molecule has 1 aliphatic heterocycles. The second-order valence-electron chi connectivity index (χ2n) is 9.51. The van der Waals surface area contributed by atoms with Crippen molar-refractivity contribution in [3.8, 4) is 11.3 Å². The van der Waals surface area contributed by atoms with E-state index in [2.05, 4.69) is 15.2 Å². The van der Waals surface area contributed by atoms with E-state index in [1.54, 1.807) is 17.8 Å². The van der Waals surface area contributed by atoms with Crippen molar-refractivity contribution in [1.82, 2.24) is 19.8 Å². The molecule has 3 aromatic rings. The lowest BCUT2D eigenvalue weighted by Crippen LogP contribution is -2.52. The molecule has 0 radical (unpaired) electrons. The van der Waals surface area contributed by atoms with Crippen LogP contribution in [0.2, 0.25) is 0 Å². The summed E-state index contributed by atoms with van der Waals surface area (Å²) in [6.07, 6.45) is 5.95. The number of unbranched alkanes of at least 4 members (excludes halogenated alkanes) is 2. The third kappa shape index (κ3) is 5.70. The molecule has 35 heavy (non-hydrogen) atoms. The minimum absolute atomic E-state index is 0.00405. The highest BCUT2D eigenvalue weighted by Crippen LogP contribution is 2.27. The Morgan fingerprint density at radius 2 is 1.94 bits per heavy atom. The van der Waals surface area contributed by atoms with Gasteiger partial charge in [-0.1, -0.05) is 38.0 Å². The van der Waals surface area contributed by atoms with Crippen molar-refractivity contribution in [1.29, 1.82) is 0 Å². The number of para-hydroxylation sites is 1. The molecule has 1 aliphatic rings. The van der Waals surface area contributed by atoms with Gasteiger partial charge in [0.05, 0.1) is 23.2 Å². The molecular weight excluding hydrogens is 444 g/mol. The number of oxazole rings is 1. The first-order valence-corrected chi connectivity index (χ1v) is 12.4. The number of fused-ring (bicyclic) bond motifs is 1. The molecule has 8 heteroatoms. The zero-order valence-corrected chi connectivity index (χ0v) is 20.8. The van der Waals surface area contributed by atoms with Crippen LogP contribution < -0.4 is 10.9 Å². The summed E-state index contributed by atoms with van der Waals surface area (Å²) < 4.78 is 7.69. The van der Waals surface area contributed by atoms with E-state index in [9.17, 15) is 14.4 Å². The predicted molar refractivity (Wildman–Crippen MR) is 135 cm³/mol. The zero-order valence-electron chi connectivity index (χ0n) is 20.8. The summed E-state index contributed by atoms with van der Waals surface area (Å²) in [4.78, 5) is 43.9. The van der Waals surface area contributed by atoms with Gasteiger partial charge in [0.2, 0.25) is 11.8 Å². The number of benzene rings is 1. The molecule has 8 nitrogen and oxygen atoms in total. The van der Waals surface area contributed by atoms with Crippen LogP contribution in [0.25, 0.3) is 22.2 Å². The average Bonchev–Trinajstić information content (AvgIpc) is 3.33. The van der Waals surface area contributed by atoms with E-state index in [1.807, 2.05) is 44.3 Å². The quantitative estimate of drug-likeness (QED) is 0.421. The van der Waals surface area contributed by atoms with Crippen LogP contribution in [0, 0.1) is 5.92 Å². The number of carbonyl (C=O) groups excluding carboxylic acids is 2. The highest BCUT2D eigenvalue weighted by molar-refractivity contribution is 5.83. The molecule has 4 rings (SSSR count). The topological polar surface area (TPSA) is 97.4 Å². The fourth-order valence-electron chi connectivity index (χ4n) is 4.61. The van der Waals surface area contributed by atoms with Crippen molar-refractivity contribution in [3.05, 3.63) is 52.8 Å². The largest absolute Gasteiger partial charge is 0.438 e. The standard InChI is InChI=1S/C27H34N4O4/c1-4-20(32)11-6-5-7-12-22(29-25(33)19-16-30(2)17-19)26-28-15-24(35-26)21-14-18-10-8-9-13-23(18)31(3)27(21)34/h8-10,13-15,19,22H,4-7,11-12,16-17H2,1-3H3,(H,29,33)/t22-/m0/s1. The molecule has 0 spiro atoms. The van der Waals surface area contributed by atoms with Crippen molar-refractivity contribution < 1.29 is 14.0 Å². The monoisotopic (exact) mass is 478 g/mol. The SMILES string of the molecule is CCC(=O)CCCCC[C@H](NC(=O)C1CN(C)C1)c1ncc(-c2cc3ccccc3n(C)c2=O)o1. The molecule has 0 aliphatic carbocycles. The van der Waals surface area contributed by atoms with Crippen molar-refractivity contribution in [2.24, 2.45) is 13.0 Å². The number of likely N-dealkylation sites (tertiary alicyclic amines) is 1. The molecule has 0 bridgehead atoms. The van der Waals surface area contributed by atoms with Gasteiger partial charge in [-0.2, -0.15) is 0 Å². The number of Topliss-reactive ketones (excluding diaryl/α,β-unsaturated/α-hetero) is 1. The van der Waals surface area contributed by atoms with Gasteiger partial charge in [-0.15, -0.1) is 0 Å². The van der Waals surface area contributed by atoms with Crippen molar-refractivity contribution in [2.75, 3.05) is 20.1 Å². The highest BCUT2D eigenvalue weighted by atomic mass is 16.4. The Balaban J connectivity index is 1.52. The fourth-order valence-corrected chi connectivity index (χ4v) is 4.61. The lowest BCUT2D eigenvalue weighted by atomic mass is 9.99. The van der Waals surface area contributed by atoms with Crippen molar-refractivity contribution in [2.45, 2.75) is 51.5 Å². The molecule has 1 fully saturated rings. The highest BCUT2D eigenvalue weighted by Gasteiger charge is 2.32. The molecule has 1 atom stereocenters. The lowest BCUT2D eigenvalue weighted by molar-refractivity contribution is -0.130. The lowest BCUT2D eigenvalue weighted by Gasteiger charge is -2.35. The predicted octanol–water partition coefficient (Wildman–Crippen LogP) is 3.84. The number of hydrogen-bond acceptors (Lipinski definition) is 6. The van der Waals surface area contributed by atoms with E-state index in [4.69, 9.17) is 4.42 Å². The number of pyridine rings is 1. The minimum Gasteiger partial charge on any atom is -0.438 e. The molecule has 2 aromatic heterocycles. The fraction of sp³-hybridized carbons (Fsp3) is 0.481. The van der Waals surface area contributed by atoms with E-state index in [-0.39, 0.29) is 29.2 Å². The Kier molecular flexibility index (Phi) is 7.80. The number of nitrogens with zero attached hydrogens (tertiary/aromatic N) is 3. The summed E-state index contributed by atoms with van der Waals surface area (Å²) in [5, 5.41) is 4.05. The van der Waals surface area contributed by atoms with E-state index < -0.39 is 0 Å². The number of amides is 1. The van der Waals surface area contributed by atoms with Gasteiger partial charge in [-0.25, -0.2) is 4.98 Å². The Hall–Kier alpha value is -3.26. The van der Waals surface area contributed by atoms with Crippen LogP contribution in [0.3, 0.4) is 0 Å². The third-order valence-electron chi connectivity index (χ3n) is 6.81. The summed E-state index contributed by atoms with van der Waals surface area (Å²) in [6.45, 7) is 3.36. The van der Waals surface area contributed by atoms with Gasteiger partial charge >= 0.3 is 0 Å². The van der Waals surface area contributed by atoms with E-state index in [0.717, 1.165) is 43.3 Å². The zero-order chi connectivity index (χ0) is 24.9. The summed E-state index contributed by atoms with van der Waals surface area (Å²) >= 11 is 0. The van der Waals surface area contributed by atoms with Crippen LogP contribution in [-0.2, 0) is 16.6 Å². The van der Waals surface area contributed by atoms with Crippen LogP contribution in [-0.4, -0.2) is 46.3 Å². The normalized spacial score (nSPS) is 15.2. The maximum atomic E-state index is 13.0. The molecule has 0 unspecified atom stereocenters. The Bertz CT molecular complexity index is 1260. The number of carbonyl (C=O) groups is 2. The van der Waals surface area contributed by atoms with Gasteiger partial charge in [0.1, 0.15) is 11.8 Å². The Labute approximate surface area is 205 Å². The maximum absolute atomic E-state index is 13.0. The molecule has 0 saturated carbocycles. The van der Waals surface area contributed by atoms with Crippen LogP contribution in [0.1, 0.15) is 57.4 Å². The summed E-state index contributed by atoms with van der Waals surface area (Å²) in [5.74, 6) is 1.03. The van der Waals surface area contributed by atoms with Gasteiger partial charge in [0.15, 0.2) is 5.76 Å². The molecule has 186 valence electrons. The second kappa shape index (κ2) is 11.0. The molecule has 3 heterocycles. The van der Waals surface area contributed by atoms with Gasteiger partial charge in [-0.3, -0.25) is 14.4 Å². The summed E-state index contributed by atoms with van der Waals surface area (Å²) in [7, 11) is 3.73. The number of rotatable bonds is 11. The molecular formula is C27H34N4O4. The average molecular weight is 479 g/mol. The van der Waals surface area contributed by atoms with Crippen LogP contribution in [0.15, 0.2) is 45.7 Å². The van der Waals surface area contributed by atoms with E-state index in [1.165, 1.54) is 0 Å². The molecule has 1 amide bonds. The van der Waals surface area contributed by atoms with E-state index >= 15 is 0 Å². The van der Waals surface area contributed by atoms with Gasteiger partial charge < -0.3 is 19.2 Å².